The Morgan fingerprint density at radius 2 is 1.88 bits per heavy atom. The molecule has 11 heteroatoms. The monoisotopic (exact) mass is 374 g/mol. The van der Waals surface area contributed by atoms with Crippen molar-refractivity contribution in [2.75, 3.05) is 13.2 Å². The van der Waals surface area contributed by atoms with E-state index in [1.165, 1.54) is 24.3 Å². The summed E-state index contributed by atoms with van der Waals surface area (Å²) in [4.78, 5) is 15.0. The van der Waals surface area contributed by atoms with Crippen molar-refractivity contribution >= 4 is 12.1 Å². The molecule has 0 aliphatic heterocycles. The standard InChI is InChI=1S/C13H11F3N4O2.C2H6O2/c1-7(6-17)18-11(21)9-4-2-8(3-5-9)10-19-12(22-20-10)13(14,15)16;3-1-2-4/h2-7,17H,1H3,(H,18,21);3-4H,1-2H2. The third-order valence-corrected chi connectivity index (χ3v) is 2.78. The van der Waals surface area contributed by atoms with Crippen LogP contribution in [-0.2, 0) is 6.18 Å². The smallest absolute Gasteiger partial charge is 0.394 e. The molecule has 0 radical (unpaired) electrons. The Morgan fingerprint density at radius 3 is 2.31 bits per heavy atom. The van der Waals surface area contributed by atoms with Gasteiger partial charge in [-0.1, -0.05) is 17.3 Å². The van der Waals surface area contributed by atoms with E-state index >= 15 is 0 Å². The Bertz CT molecular complexity index is 714. The molecule has 0 saturated heterocycles. The van der Waals surface area contributed by atoms with Crippen LogP contribution in [0.5, 0.6) is 0 Å². The van der Waals surface area contributed by atoms with Crippen molar-refractivity contribution in [1.29, 1.82) is 5.41 Å². The average molecular weight is 374 g/mol. The third-order valence-electron chi connectivity index (χ3n) is 2.78. The predicted molar refractivity (Wildman–Crippen MR) is 84.6 cm³/mol. The van der Waals surface area contributed by atoms with Gasteiger partial charge in [0.2, 0.25) is 5.82 Å². The number of benzene rings is 1. The second-order valence-electron chi connectivity index (χ2n) is 4.87. The topological polar surface area (TPSA) is 132 Å². The molecule has 0 bridgehead atoms. The van der Waals surface area contributed by atoms with Crippen molar-refractivity contribution in [3.05, 3.63) is 35.7 Å². The Balaban J connectivity index is 0.000000765. The number of amides is 1. The van der Waals surface area contributed by atoms with Gasteiger partial charge in [0.05, 0.1) is 19.3 Å². The van der Waals surface area contributed by atoms with Crippen LogP contribution in [0.2, 0.25) is 0 Å². The van der Waals surface area contributed by atoms with Crippen LogP contribution in [0, 0.1) is 5.41 Å². The summed E-state index contributed by atoms with van der Waals surface area (Å²) in [6.45, 7) is 1.39. The lowest BCUT2D eigenvalue weighted by Crippen LogP contribution is -2.33. The van der Waals surface area contributed by atoms with Crippen LogP contribution in [0.15, 0.2) is 28.8 Å². The van der Waals surface area contributed by atoms with Gasteiger partial charge in [-0.3, -0.25) is 4.79 Å². The lowest BCUT2D eigenvalue weighted by atomic mass is 10.1. The molecule has 1 atom stereocenters. The SMILES string of the molecule is CC(C=N)NC(=O)c1ccc(-c2noc(C(F)(F)F)n2)cc1.OCCO. The van der Waals surface area contributed by atoms with Crippen molar-refractivity contribution in [2.45, 2.75) is 19.1 Å². The van der Waals surface area contributed by atoms with E-state index in [0.717, 1.165) is 6.21 Å². The number of alkyl halides is 3. The molecule has 8 nitrogen and oxygen atoms in total. The van der Waals surface area contributed by atoms with E-state index in [0.29, 0.717) is 5.56 Å². The van der Waals surface area contributed by atoms with Gasteiger partial charge in [-0.15, -0.1) is 0 Å². The van der Waals surface area contributed by atoms with E-state index in [4.69, 9.17) is 15.6 Å². The number of nitrogens with one attached hydrogen (secondary N) is 2. The minimum Gasteiger partial charge on any atom is -0.394 e. The highest BCUT2D eigenvalue weighted by molar-refractivity contribution is 5.96. The Kier molecular flexibility index (Phi) is 7.87. The second kappa shape index (κ2) is 9.63. The summed E-state index contributed by atoms with van der Waals surface area (Å²) in [7, 11) is 0. The first-order chi connectivity index (χ1) is 12.2. The normalized spacial score (nSPS) is 11.9. The van der Waals surface area contributed by atoms with Gasteiger partial charge in [0.1, 0.15) is 0 Å². The van der Waals surface area contributed by atoms with E-state index in [1.807, 2.05) is 0 Å². The van der Waals surface area contributed by atoms with Crippen LogP contribution >= 0.6 is 0 Å². The zero-order valence-electron chi connectivity index (χ0n) is 13.6. The molecule has 26 heavy (non-hydrogen) atoms. The first kappa shape index (κ1) is 21.3. The fraction of sp³-hybridized carbons (Fsp3) is 0.333. The van der Waals surface area contributed by atoms with Crippen LogP contribution in [0.4, 0.5) is 13.2 Å². The lowest BCUT2D eigenvalue weighted by Gasteiger charge is -2.08. The number of hydrogen-bond donors (Lipinski definition) is 4. The summed E-state index contributed by atoms with van der Waals surface area (Å²) in [6.07, 6.45) is -3.63. The highest BCUT2D eigenvalue weighted by Crippen LogP contribution is 2.29. The van der Waals surface area contributed by atoms with Gasteiger partial charge in [-0.05, 0) is 19.1 Å². The highest BCUT2D eigenvalue weighted by atomic mass is 19.4. The molecular formula is C15H17F3N4O4. The molecule has 142 valence electrons. The summed E-state index contributed by atoms with van der Waals surface area (Å²) in [5.74, 6) is -2.04. The fourth-order valence-corrected chi connectivity index (χ4v) is 1.56. The summed E-state index contributed by atoms with van der Waals surface area (Å²) in [6, 6.07) is 5.25. The zero-order chi connectivity index (χ0) is 19.7. The number of halogens is 3. The number of aliphatic hydroxyl groups excluding tert-OH is 2. The summed E-state index contributed by atoms with van der Waals surface area (Å²) in [5, 5.41) is 28.1. The van der Waals surface area contributed by atoms with Crippen LogP contribution in [0.25, 0.3) is 11.4 Å². The van der Waals surface area contributed by atoms with Crippen LogP contribution in [-0.4, -0.2) is 51.7 Å². The maximum Gasteiger partial charge on any atom is 0.471 e. The Morgan fingerprint density at radius 1 is 1.31 bits per heavy atom. The van der Waals surface area contributed by atoms with E-state index < -0.39 is 24.0 Å². The van der Waals surface area contributed by atoms with Crippen molar-refractivity contribution in [3.63, 3.8) is 0 Å². The van der Waals surface area contributed by atoms with Crippen molar-refractivity contribution in [1.82, 2.24) is 15.5 Å². The first-order valence-electron chi connectivity index (χ1n) is 7.27. The largest absolute Gasteiger partial charge is 0.471 e. The minimum atomic E-state index is -4.70. The fourth-order valence-electron chi connectivity index (χ4n) is 1.56. The van der Waals surface area contributed by atoms with Crippen LogP contribution < -0.4 is 5.32 Å². The molecule has 4 N–H and O–H groups in total. The Labute approximate surface area is 146 Å². The van der Waals surface area contributed by atoms with Gasteiger partial charge >= 0.3 is 12.1 Å². The molecule has 1 amide bonds. The third kappa shape index (κ3) is 6.26. The van der Waals surface area contributed by atoms with Crippen LogP contribution in [0.3, 0.4) is 0 Å². The molecule has 0 saturated carbocycles. The molecule has 0 spiro atoms. The van der Waals surface area contributed by atoms with Gasteiger partial charge in [0.25, 0.3) is 5.91 Å². The van der Waals surface area contributed by atoms with Crippen molar-refractivity contribution < 1.29 is 32.7 Å². The Hall–Kier alpha value is -2.79. The molecule has 1 unspecified atom stereocenters. The molecule has 0 aliphatic carbocycles. The number of rotatable bonds is 5. The number of hydrogen-bond acceptors (Lipinski definition) is 7. The van der Waals surface area contributed by atoms with E-state index in [1.54, 1.807) is 6.92 Å². The van der Waals surface area contributed by atoms with Crippen molar-refractivity contribution in [3.8, 4) is 11.4 Å². The quantitative estimate of drug-likeness (QED) is 0.586. The molecule has 2 rings (SSSR count). The molecule has 0 fully saturated rings. The summed E-state index contributed by atoms with van der Waals surface area (Å²) in [5.41, 5.74) is 0.591. The van der Waals surface area contributed by atoms with E-state index in [-0.39, 0.29) is 24.6 Å². The summed E-state index contributed by atoms with van der Waals surface area (Å²) >= 11 is 0. The molecule has 1 aromatic carbocycles. The number of carbonyl (C=O) groups is 1. The zero-order valence-corrected chi connectivity index (χ0v) is 13.6. The van der Waals surface area contributed by atoms with Gasteiger partial charge < -0.3 is 25.5 Å². The van der Waals surface area contributed by atoms with Gasteiger partial charge in [-0.25, -0.2) is 0 Å². The average Bonchev–Trinajstić information content (AvgIpc) is 3.12. The molecular weight excluding hydrogens is 357 g/mol. The van der Waals surface area contributed by atoms with Crippen LogP contribution in [0.1, 0.15) is 23.2 Å². The maximum absolute atomic E-state index is 12.4. The van der Waals surface area contributed by atoms with Gasteiger partial charge in [-0.2, -0.15) is 18.2 Å². The second-order valence-corrected chi connectivity index (χ2v) is 4.87. The molecule has 1 heterocycles. The van der Waals surface area contributed by atoms with Crippen molar-refractivity contribution in [2.24, 2.45) is 0 Å². The van der Waals surface area contributed by atoms with Gasteiger partial charge in [0, 0.05) is 17.3 Å². The van der Waals surface area contributed by atoms with E-state index in [9.17, 15) is 18.0 Å². The van der Waals surface area contributed by atoms with E-state index in [2.05, 4.69) is 20.0 Å². The highest BCUT2D eigenvalue weighted by Gasteiger charge is 2.38. The molecule has 0 aliphatic rings. The number of aromatic nitrogens is 2. The summed E-state index contributed by atoms with van der Waals surface area (Å²) < 4.78 is 41.3. The lowest BCUT2D eigenvalue weighted by molar-refractivity contribution is -0.159. The first-order valence-corrected chi connectivity index (χ1v) is 7.27. The van der Waals surface area contributed by atoms with Gasteiger partial charge in [0.15, 0.2) is 0 Å². The predicted octanol–water partition coefficient (Wildman–Crippen LogP) is 1.49. The maximum atomic E-state index is 12.4. The number of carbonyl (C=O) groups excluding carboxylic acids is 1. The molecule has 2 aromatic rings. The minimum absolute atomic E-state index is 0.125. The number of nitrogens with zero attached hydrogens (tertiary/aromatic N) is 2. The number of aliphatic hydroxyl groups is 2. The molecule has 1 aromatic heterocycles.